The van der Waals surface area contributed by atoms with Gasteiger partial charge in [0, 0.05) is 13.2 Å². The quantitative estimate of drug-likeness (QED) is 0.583. The fourth-order valence-corrected chi connectivity index (χ4v) is 1.88. The summed E-state index contributed by atoms with van der Waals surface area (Å²) in [6.07, 6.45) is 0.685. The average Bonchev–Trinajstić information content (AvgIpc) is 2.41. The normalized spacial score (nSPS) is 10.3. The third kappa shape index (κ3) is 5.24. The van der Waals surface area contributed by atoms with Crippen molar-refractivity contribution in [2.24, 2.45) is 5.73 Å². The molecule has 7 heteroatoms. The molecule has 0 aliphatic rings. The highest BCUT2D eigenvalue weighted by Gasteiger charge is 2.12. The number of benzene rings is 1. The minimum atomic E-state index is -0.585. The van der Waals surface area contributed by atoms with E-state index in [2.05, 4.69) is 5.32 Å². The van der Waals surface area contributed by atoms with Gasteiger partial charge < -0.3 is 25.6 Å². The lowest BCUT2D eigenvalue weighted by molar-refractivity contribution is -0.119. The first-order chi connectivity index (χ1) is 9.58. The number of methoxy groups -OCH3 is 1. The van der Waals surface area contributed by atoms with Crippen LogP contribution in [0.2, 0.25) is 5.02 Å². The molecule has 0 aliphatic carbocycles. The maximum absolute atomic E-state index is 10.7. The molecule has 0 heterocycles. The molecule has 6 nitrogen and oxygen atoms in total. The fraction of sp³-hybridized carbons (Fsp3) is 0.462. The number of aliphatic hydroxyl groups excluding tert-OH is 1. The number of rotatable bonds is 9. The van der Waals surface area contributed by atoms with Gasteiger partial charge in [0.1, 0.15) is 0 Å². The predicted molar refractivity (Wildman–Crippen MR) is 76.1 cm³/mol. The van der Waals surface area contributed by atoms with Crippen LogP contribution in [0.25, 0.3) is 0 Å². The number of hydrogen-bond acceptors (Lipinski definition) is 5. The largest absolute Gasteiger partial charge is 0.493 e. The molecule has 0 spiro atoms. The Balaban J connectivity index is 2.75. The van der Waals surface area contributed by atoms with Gasteiger partial charge in [-0.05, 0) is 30.7 Å². The molecule has 0 saturated carbocycles. The molecule has 0 radical (unpaired) electrons. The molecule has 20 heavy (non-hydrogen) atoms. The SMILES string of the molecule is COc1cc(CNCCCO)cc(Cl)c1OCC(N)=O. The van der Waals surface area contributed by atoms with E-state index in [4.69, 9.17) is 31.9 Å². The van der Waals surface area contributed by atoms with Gasteiger partial charge in [0.05, 0.1) is 12.1 Å². The van der Waals surface area contributed by atoms with Crippen LogP contribution in [0.4, 0.5) is 0 Å². The number of ether oxygens (including phenoxy) is 2. The van der Waals surface area contributed by atoms with Gasteiger partial charge in [-0.25, -0.2) is 0 Å². The first-order valence-electron chi connectivity index (χ1n) is 6.17. The van der Waals surface area contributed by atoms with Crippen LogP contribution in [-0.2, 0) is 11.3 Å². The van der Waals surface area contributed by atoms with Crippen molar-refractivity contribution in [1.29, 1.82) is 0 Å². The van der Waals surface area contributed by atoms with Gasteiger partial charge in [-0.2, -0.15) is 0 Å². The number of carbonyl (C=O) groups is 1. The van der Waals surface area contributed by atoms with Crippen LogP contribution in [0.5, 0.6) is 11.5 Å². The summed E-state index contributed by atoms with van der Waals surface area (Å²) in [5.74, 6) is 0.155. The Morgan fingerprint density at radius 3 is 2.85 bits per heavy atom. The third-order valence-corrected chi connectivity index (χ3v) is 2.77. The molecule has 0 fully saturated rings. The van der Waals surface area contributed by atoms with Crippen molar-refractivity contribution in [3.8, 4) is 11.5 Å². The summed E-state index contributed by atoms with van der Waals surface area (Å²) in [6.45, 7) is 1.18. The Morgan fingerprint density at radius 1 is 1.50 bits per heavy atom. The van der Waals surface area contributed by atoms with Gasteiger partial charge in [0.15, 0.2) is 18.1 Å². The molecule has 1 aromatic carbocycles. The zero-order valence-electron chi connectivity index (χ0n) is 11.3. The van der Waals surface area contributed by atoms with E-state index in [0.29, 0.717) is 36.0 Å². The van der Waals surface area contributed by atoms with E-state index >= 15 is 0 Å². The molecule has 1 rings (SSSR count). The van der Waals surface area contributed by atoms with Crippen molar-refractivity contribution < 1.29 is 19.4 Å². The standard InChI is InChI=1S/C13H19ClN2O4/c1-19-11-6-9(7-16-3-2-4-17)5-10(14)13(11)20-8-12(15)18/h5-6,16-17H,2-4,7-8H2,1H3,(H2,15,18). The van der Waals surface area contributed by atoms with Crippen LogP contribution in [0.3, 0.4) is 0 Å². The predicted octanol–water partition coefficient (Wildman–Crippen LogP) is 0.685. The van der Waals surface area contributed by atoms with E-state index in [9.17, 15) is 4.79 Å². The zero-order chi connectivity index (χ0) is 15.0. The molecule has 0 atom stereocenters. The minimum absolute atomic E-state index is 0.150. The van der Waals surface area contributed by atoms with E-state index in [1.54, 1.807) is 12.1 Å². The molecule has 0 bridgehead atoms. The summed E-state index contributed by atoms with van der Waals surface area (Å²) < 4.78 is 10.4. The van der Waals surface area contributed by atoms with E-state index in [0.717, 1.165) is 5.56 Å². The van der Waals surface area contributed by atoms with Crippen molar-refractivity contribution in [2.75, 3.05) is 26.9 Å². The van der Waals surface area contributed by atoms with E-state index < -0.39 is 5.91 Å². The van der Waals surface area contributed by atoms with Gasteiger partial charge in [-0.3, -0.25) is 4.79 Å². The maximum atomic E-state index is 10.7. The Hall–Kier alpha value is -1.50. The molecular formula is C13H19ClN2O4. The number of halogens is 1. The van der Waals surface area contributed by atoms with Crippen molar-refractivity contribution in [2.45, 2.75) is 13.0 Å². The summed E-state index contributed by atoms with van der Waals surface area (Å²) in [6, 6.07) is 3.50. The highest BCUT2D eigenvalue weighted by Crippen LogP contribution is 2.36. The monoisotopic (exact) mass is 302 g/mol. The first-order valence-corrected chi connectivity index (χ1v) is 6.55. The van der Waals surface area contributed by atoms with Crippen LogP contribution in [0.1, 0.15) is 12.0 Å². The number of amides is 1. The molecule has 1 aromatic rings. The number of primary amides is 1. The van der Waals surface area contributed by atoms with Crippen molar-refractivity contribution >= 4 is 17.5 Å². The molecular weight excluding hydrogens is 284 g/mol. The summed E-state index contributed by atoms with van der Waals surface area (Å²) in [5, 5.41) is 12.2. The molecule has 4 N–H and O–H groups in total. The van der Waals surface area contributed by atoms with E-state index in [-0.39, 0.29) is 13.2 Å². The fourth-order valence-electron chi connectivity index (χ4n) is 1.60. The Labute approximate surface area is 122 Å². The molecule has 0 aliphatic heterocycles. The van der Waals surface area contributed by atoms with Gasteiger partial charge in [-0.15, -0.1) is 0 Å². The maximum Gasteiger partial charge on any atom is 0.255 e. The zero-order valence-corrected chi connectivity index (χ0v) is 12.1. The molecule has 112 valence electrons. The average molecular weight is 303 g/mol. The van der Waals surface area contributed by atoms with Gasteiger partial charge in [0.25, 0.3) is 5.91 Å². The number of hydrogen-bond donors (Lipinski definition) is 3. The molecule has 0 unspecified atom stereocenters. The van der Waals surface area contributed by atoms with Crippen LogP contribution < -0.4 is 20.5 Å². The summed E-state index contributed by atoms with van der Waals surface area (Å²) in [7, 11) is 1.49. The topological polar surface area (TPSA) is 93.8 Å². The lowest BCUT2D eigenvalue weighted by Crippen LogP contribution is -2.20. The van der Waals surface area contributed by atoms with E-state index in [1.165, 1.54) is 7.11 Å². The Kier molecular flexibility index (Phi) is 7.14. The smallest absolute Gasteiger partial charge is 0.255 e. The van der Waals surface area contributed by atoms with Crippen LogP contribution >= 0.6 is 11.6 Å². The van der Waals surface area contributed by atoms with Crippen molar-refractivity contribution in [3.05, 3.63) is 22.7 Å². The van der Waals surface area contributed by atoms with Gasteiger partial charge in [-0.1, -0.05) is 11.6 Å². The number of aliphatic hydroxyl groups is 1. The summed E-state index contributed by atoms with van der Waals surface area (Å²) >= 11 is 6.11. The minimum Gasteiger partial charge on any atom is -0.493 e. The third-order valence-electron chi connectivity index (χ3n) is 2.49. The van der Waals surface area contributed by atoms with Crippen LogP contribution in [0.15, 0.2) is 12.1 Å². The second-order valence-corrected chi connectivity index (χ2v) is 4.53. The molecule has 0 saturated heterocycles. The number of nitrogens with one attached hydrogen (secondary N) is 1. The number of carbonyl (C=O) groups excluding carboxylic acids is 1. The lowest BCUT2D eigenvalue weighted by Gasteiger charge is -2.13. The number of nitrogens with two attached hydrogens (primary N) is 1. The summed E-state index contributed by atoms with van der Waals surface area (Å²) in [4.78, 5) is 10.7. The highest BCUT2D eigenvalue weighted by molar-refractivity contribution is 6.32. The summed E-state index contributed by atoms with van der Waals surface area (Å²) in [5.41, 5.74) is 5.94. The van der Waals surface area contributed by atoms with E-state index in [1.807, 2.05) is 0 Å². The second-order valence-electron chi connectivity index (χ2n) is 4.12. The van der Waals surface area contributed by atoms with Gasteiger partial charge >= 0.3 is 0 Å². The highest BCUT2D eigenvalue weighted by atomic mass is 35.5. The van der Waals surface area contributed by atoms with Crippen molar-refractivity contribution in [3.63, 3.8) is 0 Å². The first kappa shape index (κ1) is 16.6. The van der Waals surface area contributed by atoms with Gasteiger partial charge in [0.2, 0.25) is 0 Å². The Morgan fingerprint density at radius 2 is 2.25 bits per heavy atom. The molecule has 1 amide bonds. The van der Waals surface area contributed by atoms with Crippen molar-refractivity contribution in [1.82, 2.24) is 5.32 Å². The second kappa shape index (κ2) is 8.63. The lowest BCUT2D eigenvalue weighted by atomic mass is 10.2. The Bertz CT molecular complexity index is 454. The van der Waals surface area contributed by atoms with Crippen LogP contribution in [-0.4, -0.2) is 37.9 Å². The van der Waals surface area contributed by atoms with Crippen LogP contribution in [0, 0.1) is 0 Å². The molecule has 0 aromatic heterocycles.